The van der Waals surface area contributed by atoms with Gasteiger partial charge in [0.15, 0.2) is 6.61 Å². The minimum Gasteiger partial charge on any atom is -0.452 e. The summed E-state index contributed by atoms with van der Waals surface area (Å²) in [6.45, 7) is -2.24. The molecule has 0 aromatic carbocycles. The minimum atomic E-state index is -4.51. The van der Waals surface area contributed by atoms with Gasteiger partial charge in [0.1, 0.15) is 6.54 Å². The Kier molecular flexibility index (Phi) is 6.16. The van der Waals surface area contributed by atoms with Crippen LogP contribution >= 0.6 is 22.7 Å². The Morgan fingerprint density at radius 1 is 1.17 bits per heavy atom. The van der Waals surface area contributed by atoms with Crippen LogP contribution in [0.3, 0.4) is 0 Å². The standard InChI is InChI=1S/C15H12F3NO3S2/c16-15(17,18)9-19-13(20)8-22-14(21)11(12-4-2-6-24-12)7-10-3-1-5-23-10/h1-7H,8-9H2,(H,19,20)/b11-7-. The average Bonchev–Trinajstić information content (AvgIpc) is 3.20. The third-order valence-corrected chi connectivity index (χ3v) is 4.38. The van der Waals surface area contributed by atoms with Crippen molar-refractivity contribution in [1.29, 1.82) is 0 Å². The number of hydrogen-bond acceptors (Lipinski definition) is 5. The monoisotopic (exact) mass is 375 g/mol. The van der Waals surface area contributed by atoms with E-state index in [1.54, 1.807) is 28.9 Å². The molecule has 2 heterocycles. The second kappa shape index (κ2) is 8.11. The van der Waals surface area contributed by atoms with Gasteiger partial charge in [-0.25, -0.2) is 4.79 Å². The number of ether oxygens (including phenoxy) is 1. The van der Waals surface area contributed by atoms with Crippen molar-refractivity contribution in [2.24, 2.45) is 0 Å². The fourth-order valence-electron chi connectivity index (χ4n) is 1.64. The summed E-state index contributed by atoms with van der Waals surface area (Å²) in [6.07, 6.45) is -2.90. The molecule has 4 nitrogen and oxygen atoms in total. The largest absolute Gasteiger partial charge is 0.452 e. The smallest absolute Gasteiger partial charge is 0.405 e. The van der Waals surface area contributed by atoms with Gasteiger partial charge in [0.05, 0.1) is 5.57 Å². The molecule has 24 heavy (non-hydrogen) atoms. The van der Waals surface area contributed by atoms with E-state index in [1.807, 2.05) is 17.5 Å². The number of alkyl halides is 3. The van der Waals surface area contributed by atoms with Gasteiger partial charge in [-0.05, 0) is 29.0 Å². The molecular formula is C15H12F3NO3S2. The van der Waals surface area contributed by atoms with E-state index in [9.17, 15) is 22.8 Å². The van der Waals surface area contributed by atoms with Crippen LogP contribution < -0.4 is 5.32 Å². The topological polar surface area (TPSA) is 55.4 Å². The maximum atomic E-state index is 12.2. The molecule has 2 aromatic rings. The predicted molar refractivity (Wildman–Crippen MR) is 86.5 cm³/mol. The molecule has 0 radical (unpaired) electrons. The van der Waals surface area contributed by atoms with Gasteiger partial charge in [-0.2, -0.15) is 13.2 Å². The van der Waals surface area contributed by atoms with Gasteiger partial charge in [0.25, 0.3) is 5.91 Å². The molecular weight excluding hydrogens is 363 g/mol. The van der Waals surface area contributed by atoms with E-state index in [1.165, 1.54) is 22.7 Å². The van der Waals surface area contributed by atoms with Crippen LogP contribution in [0.4, 0.5) is 13.2 Å². The van der Waals surface area contributed by atoms with Crippen LogP contribution in [0, 0.1) is 0 Å². The van der Waals surface area contributed by atoms with Crippen LogP contribution in [0.25, 0.3) is 11.6 Å². The maximum absolute atomic E-state index is 12.2. The van der Waals surface area contributed by atoms with E-state index in [0.717, 1.165) is 4.88 Å². The lowest BCUT2D eigenvalue weighted by Crippen LogP contribution is -2.36. The molecule has 0 aliphatic carbocycles. The molecule has 0 aliphatic rings. The fraction of sp³-hybridized carbons (Fsp3) is 0.200. The molecule has 9 heteroatoms. The number of thiophene rings is 2. The average molecular weight is 375 g/mol. The van der Waals surface area contributed by atoms with E-state index in [2.05, 4.69) is 0 Å². The van der Waals surface area contributed by atoms with E-state index in [-0.39, 0.29) is 5.57 Å². The van der Waals surface area contributed by atoms with Crippen molar-refractivity contribution < 1.29 is 27.5 Å². The number of halogens is 3. The number of amides is 1. The van der Waals surface area contributed by atoms with Crippen LogP contribution in [-0.4, -0.2) is 31.2 Å². The first-order valence-electron chi connectivity index (χ1n) is 6.65. The van der Waals surface area contributed by atoms with Crippen LogP contribution in [0.5, 0.6) is 0 Å². The number of hydrogen-bond donors (Lipinski definition) is 1. The molecule has 0 unspecified atom stereocenters. The molecule has 0 atom stereocenters. The van der Waals surface area contributed by atoms with E-state index in [0.29, 0.717) is 4.88 Å². The highest BCUT2D eigenvalue weighted by atomic mass is 32.1. The number of esters is 1. The number of carbonyl (C=O) groups is 2. The van der Waals surface area contributed by atoms with Gasteiger partial charge in [0, 0.05) is 9.75 Å². The highest BCUT2D eigenvalue weighted by molar-refractivity contribution is 7.12. The second-order valence-corrected chi connectivity index (χ2v) is 6.45. The van der Waals surface area contributed by atoms with Crippen LogP contribution in [0.15, 0.2) is 35.0 Å². The van der Waals surface area contributed by atoms with Gasteiger partial charge in [0.2, 0.25) is 0 Å². The third kappa shape index (κ3) is 5.82. The first kappa shape index (κ1) is 18.2. The van der Waals surface area contributed by atoms with Crippen molar-refractivity contribution in [3.63, 3.8) is 0 Å². The highest BCUT2D eigenvalue weighted by Gasteiger charge is 2.28. The lowest BCUT2D eigenvalue weighted by molar-refractivity contribution is -0.147. The van der Waals surface area contributed by atoms with Crippen molar-refractivity contribution in [3.8, 4) is 0 Å². The van der Waals surface area contributed by atoms with Gasteiger partial charge in [-0.3, -0.25) is 4.79 Å². The van der Waals surface area contributed by atoms with Crippen LogP contribution in [0.2, 0.25) is 0 Å². The zero-order valence-electron chi connectivity index (χ0n) is 12.1. The molecule has 0 spiro atoms. The van der Waals surface area contributed by atoms with Crippen LogP contribution in [0.1, 0.15) is 9.75 Å². The van der Waals surface area contributed by atoms with Crippen LogP contribution in [-0.2, 0) is 14.3 Å². The Hall–Kier alpha value is -2.13. The third-order valence-electron chi connectivity index (χ3n) is 2.66. The zero-order valence-corrected chi connectivity index (χ0v) is 13.8. The summed E-state index contributed by atoms with van der Waals surface area (Å²) in [4.78, 5) is 25.0. The SMILES string of the molecule is O=C(COC(=O)/C(=C\c1cccs1)c1cccs1)NCC(F)(F)F. The van der Waals surface area contributed by atoms with Crippen molar-refractivity contribution in [2.75, 3.05) is 13.2 Å². The van der Waals surface area contributed by atoms with E-state index >= 15 is 0 Å². The Morgan fingerprint density at radius 3 is 2.46 bits per heavy atom. The summed E-state index contributed by atoms with van der Waals surface area (Å²) >= 11 is 2.73. The highest BCUT2D eigenvalue weighted by Crippen LogP contribution is 2.25. The second-order valence-electron chi connectivity index (χ2n) is 4.52. The quantitative estimate of drug-likeness (QED) is 0.620. The summed E-state index contributed by atoms with van der Waals surface area (Å²) in [7, 11) is 0. The van der Waals surface area contributed by atoms with E-state index in [4.69, 9.17) is 4.74 Å². The molecule has 0 saturated heterocycles. The van der Waals surface area contributed by atoms with Gasteiger partial charge in [-0.1, -0.05) is 12.1 Å². The normalized spacial score (nSPS) is 12.0. The number of rotatable bonds is 6. The maximum Gasteiger partial charge on any atom is 0.405 e. The zero-order chi connectivity index (χ0) is 17.6. The summed E-state index contributed by atoms with van der Waals surface area (Å²) in [5.41, 5.74) is 0.246. The Morgan fingerprint density at radius 2 is 1.88 bits per heavy atom. The first-order chi connectivity index (χ1) is 11.3. The number of carbonyl (C=O) groups excluding carboxylic acids is 2. The van der Waals surface area contributed by atoms with Crippen molar-refractivity contribution >= 4 is 46.2 Å². The summed E-state index contributed by atoms with van der Waals surface area (Å²) in [5, 5.41) is 5.26. The summed E-state index contributed by atoms with van der Waals surface area (Å²) < 4.78 is 40.9. The molecule has 2 aromatic heterocycles. The van der Waals surface area contributed by atoms with E-state index < -0.39 is 31.2 Å². The fourth-order valence-corrected chi connectivity index (χ4v) is 3.02. The summed E-state index contributed by atoms with van der Waals surface area (Å²) in [5.74, 6) is -1.78. The number of nitrogens with one attached hydrogen (secondary N) is 1. The predicted octanol–water partition coefficient (Wildman–Crippen LogP) is 3.57. The molecule has 1 amide bonds. The first-order valence-corrected chi connectivity index (χ1v) is 8.41. The lowest BCUT2D eigenvalue weighted by atomic mass is 10.2. The molecule has 0 aliphatic heterocycles. The lowest BCUT2D eigenvalue weighted by Gasteiger charge is -2.09. The van der Waals surface area contributed by atoms with Crippen molar-refractivity contribution in [3.05, 3.63) is 44.8 Å². The Bertz CT molecular complexity index is 707. The van der Waals surface area contributed by atoms with Gasteiger partial charge < -0.3 is 10.1 Å². The minimum absolute atomic E-state index is 0.246. The Balaban J connectivity index is 2.00. The summed E-state index contributed by atoms with van der Waals surface area (Å²) in [6, 6.07) is 7.10. The molecule has 2 rings (SSSR count). The van der Waals surface area contributed by atoms with Gasteiger partial charge in [-0.15, -0.1) is 22.7 Å². The molecule has 1 N–H and O–H groups in total. The molecule has 0 fully saturated rings. The van der Waals surface area contributed by atoms with Crippen molar-refractivity contribution in [1.82, 2.24) is 5.32 Å². The molecule has 0 bridgehead atoms. The van der Waals surface area contributed by atoms with Crippen molar-refractivity contribution in [2.45, 2.75) is 6.18 Å². The molecule has 128 valence electrons. The molecule has 0 saturated carbocycles. The Labute approximate surface area is 143 Å². The van der Waals surface area contributed by atoms with Gasteiger partial charge >= 0.3 is 12.1 Å².